The highest BCUT2D eigenvalue weighted by Gasteiger charge is 2.16. The second kappa shape index (κ2) is 7.95. The van der Waals surface area contributed by atoms with E-state index in [4.69, 9.17) is 39.9 Å². The third-order valence-electron chi connectivity index (χ3n) is 3.55. The van der Waals surface area contributed by atoms with Gasteiger partial charge >= 0.3 is 0 Å². The third-order valence-corrected chi connectivity index (χ3v) is 4.20. The van der Waals surface area contributed by atoms with Crippen LogP contribution in [0.25, 0.3) is 22.6 Å². The summed E-state index contributed by atoms with van der Waals surface area (Å²) in [5, 5.41) is 7.90. The molecule has 0 fully saturated rings. The number of nitrogens with one attached hydrogen (secondary N) is 1. The predicted octanol–water partition coefficient (Wildman–Crippen LogP) is 5.24. The van der Waals surface area contributed by atoms with E-state index in [0.717, 1.165) is 0 Å². The van der Waals surface area contributed by atoms with Gasteiger partial charge < -0.3 is 9.84 Å². The summed E-state index contributed by atoms with van der Waals surface area (Å²) in [6.07, 6.45) is 0. The molecule has 1 amide bonds. The molecule has 0 saturated carbocycles. The maximum atomic E-state index is 14.2. The van der Waals surface area contributed by atoms with Crippen LogP contribution in [0.1, 0.15) is 5.56 Å². The quantitative estimate of drug-likeness (QED) is 0.463. The van der Waals surface area contributed by atoms with Crippen LogP contribution >= 0.6 is 35.4 Å². The molecule has 0 aliphatic heterocycles. The summed E-state index contributed by atoms with van der Waals surface area (Å²) < 4.78 is 19.5. The molecule has 1 heterocycles. The number of alkyl halides is 2. The van der Waals surface area contributed by atoms with E-state index in [2.05, 4.69) is 10.5 Å². The summed E-state index contributed by atoms with van der Waals surface area (Å²) in [4.78, 5) is 10.4. The summed E-state index contributed by atoms with van der Waals surface area (Å²) in [6.45, 7) is 0. The summed E-state index contributed by atoms with van der Waals surface area (Å²) >= 11 is 16.0. The number of carbonyl (C=O) groups excluding carboxylic acids is 1. The van der Waals surface area contributed by atoms with Gasteiger partial charge in [0.15, 0.2) is 10.6 Å². The summed E-state index contributed by atoms with van der Waals surface area (Å²) in [5.74, 6) is -0.580. The van der Waals surface area contributed by atoms with Gasteiger partial charge in [-0.3, -0.25) is 4.79 Å². The maximum absolute atomic E-state index is 14.2. The largest absolute Gasteiger partial charge is 0.356 e. The molecule has 0 aliphatic rings. The normalized spacial score (nSPS) is 10.8. The highest BCUT2D eigenvalue weighted by molar-refractivity contribution is 7.79. The van der Waals surface area contributed by atoms with Crippen molar-refractivity contribution >= 4 is 52.4 Å². The highest BCUT2D eigenvalue weighted by Crippen LogP contribution is 2.30. The smallest absolute Gasteiger partial charge is 0.257 e. The average Bonchev–Trinajstić information content (AvgIpc) is 3.11. The molecular weight excluding hydrogens is 398 g/mol. The summed E-state index contributed by atoms with van der Waals surface area (Å²) in [6, 6.07) is 13.0. The van der Waals surface area contributed by atoms with Crippen LogP contribution in [-0.4, -0.2) is 21.3 Å². The van der Waals surface area contributed by atoms with Gasteiger partial charge in [-0.05, 0) is 23.8 Å². The Morgan fingerprint density at radius 2 is 2.00 bits per heavy atom. The van der Waals surface area contributed by atoms with Crippen molar-refractivity contribution in [3.63, 3.8) is 0 Å². The molecular formula is C18H11Cl2FN2O2S. The minimum absolute atomic E-state index is 0.272. The third kappa shape index (κ3) is 3.93. The van der Waals surface area contributed by atoms with Gasteiger partial charge in [0.05, 0.1) is 0 Å². The Hall–Kier alpha value is -2.28. The molecule has 2 aromatic carbocycles. The van der Waals surface area contributed by atoms with Crippen molar-refractivity contribution in [2.45, 2.75) is 4.84 Å². The number of nitrogens with zero attached hydrogens (tertiary/aromatic N) is 1. The number of halogens is 3. The topological polar surface area (TPSA) is 55.1 Å². The van der Waals surface area contributed by atoms with Crippen LogP contribution in [0.4, 0.5) is 10.1 Å². The molecule has 4 nitrogen and oxygen atoms in total. The lowest BCUT2D eigenvalue weighted by molar-refractivity contribution is -0.114. The first-order valence-electron chi connectivity index (χ1n) is 7.40. The first-order chi connectivity index (χ1) is 12.5. The van der Waals surface area contributed by atoms with E-state index >= 15 is 0 Å². The number of hydrogen-bond acceptors (Lipinski definition) is 4. The molecule has 1 aromatic heterocycles. The molecule has 0 unspecified atom stereocenters. The van der Waals surface area contributed by atoms with Crippen LogP contribution in [0.5, 0.6) is 0 Å². The average molecular weight is 409 g/mol. The lowest BCUT2D eigenvalue weighted by Crippen LogP contribution is -2.18. The molecule has 3 aromatic rings. The number of anilines is 1. The molecule has 26 heavy (non-hydrogen) atoms. The van der Waals surface area contributed by atoms with Gasteiger partial charge in [-0.2, -0.15) is 0 Å². The molecule has 0 aliphatic carbocycles. The van der Waals surface area contributed by atoms with Crippen LogP contribution in [-0.2, 0) is 4.79 Å². The van der Waals surface area contributed by atoms with Gasteiger partial charge in [0, 0.05) is 28.2 Å². The molecule has 8 heteroatoms. The molecule has 3 rings (SSSR count). The Bertz CT molecular complexity index is 975. The first-order valence-corrected chi connectivity index (χ1v) is 8.74. The van der Waals surface area contributed by atoms with Crippen molar-refractivity contribution in [2.24, 2.45) is 0 Å². The van der Waals surface area contributed by atoms with Crippen LogP contribution in [0, 0.1) is 5.82 Å². The maximum Gasteiger partial charge on any atom is 0.257 e. The number of amides is 1. The van der Waals surface area contributed by atoms with Crippen LogP contribution < -0.4 is 5.32 Å². The van der Waals surface area contributed by atoms with Crippen molar-refractivity contribution < 1.29 is 13.7 Å². The van der Waals surface area contributed by atoms with E-state index in [9.17, 15) is 9.18 Å². The molecule has 0 bridgehead atoms. The van der Waals surface area contributed by atoms with E-state index in [-0.39, 0.29) is 5.56 Å². The zero-order valence-electron chi connectivity index (χ0n) is 13.1. The number of hydrogen-bond donors (Lipinski definition) is 1. The Labute approximate surface area is 163 Å². The van der Waals surface area contributed by atoms with Gasteiger partial charge in [-0.1, -0.05) is 64.8 Å². The van der Waals surface area contributed by atoms with Gasteiger partial charge in [-0.15, -0.1) is 0 Å². The van der Waals surface area contributed by atoms with Crippen molar-refractivity contribution in [1.82, 2.24) is 5.16 Å². The van der Waals surface area contributed by atoms with E-state index in [1.165, 1.54) is 11.4 Å². The Kier molecular flexibility index (Phi) is 5.66. The lowest BCUT2D eigenvalue weighted by Gasteiger charge is -2.06. The second-order valence-electron chi connectivity index (χ2n) is 5.27. The Morgan fingerprint density at radius 3 is 2.73 bits per heavy atom. The Balaban J connectivity index is 1.94. The van der Waals surface area contributed by atoms with Crippen LogP contribution in [0.3, 0.4) is 0 Å². The minimum atomic E-state index is -1.18. The lowest BCUT2D eigenvalue weighted by atomic mass is 10.0. The standard InChI is InChI=1S/C18H11Cl2FN2O2S/c19-17(20)18(24)22-12-5-1-3-10(7-12)15-8-14(23-25-15)16-11(9-26)4-2-6-13(16)21/h1-9,17H,(H,22,24). The van der Waals surface area contributed by atoms with Crippen molar-refractivity contribution in [2.75, 3.05) is 5.32 Å². The number of aromatic nitrogens is 1. The SMILES string of the molecule is O=C(Nc1cccc(-c2cc(-c3c(F)cccc3C=S)no2)c1)C(Cl)Cl. The number of carbonyl (C=O) groups is 1. The number of benzene rings is 2. The van der Waals surface area contributed by atoms with Crippen molar-refractivity contribution in [3.05, 3.63) is 59.9 Å². The molecule has 0 saturated heterocycles. The minimum Gasteiger partial charge on any atom is -0.356 e. The van der Waals surface area contributed by atoms with E-state index in [0.29, 0.717) is 28.3 Å². The fraction of sp³-hybridized carbons (Fsp3) is 0.0556. The van der Waals surface area contributed by atoms with Gasteiger partial charge in [0.25, 0.3) is 5.91 Å². The van der Waals surface area contributed by atoms with Crippen LogP contribution in [0.2, 0.25) is 0 Å². The van der Waals surface area contributed by atoms with Crippen molar-refractivity contribution in [1.29, 1.82) is 0 Å². The zero-order valence-corrected chi connectivity index (χ0v) is 15.4. The molecule has 1 N–H and O–H groups in total. The predicted molar refractivity (Wildman–Crippen MR) is 104 cm³/mol. The van der Waals surface area contributed by atoms with Gasteiger partial charge in [0.1, 0.15) is 11.5 Å². The zero-order chi connectivity index (χ0) is 18.7. The van der Waals surface area contributed by atoms with E-state index < -0.39 is 16.6 Å². The summed E-state index contributed by atoms with van der Waals surface area (Å²) in [7, 11) is 0. The van der Waals surface area contributed by atoms with Gasteiger partial charge in [0.2, 0.25) is 0 Å². The molecule has 0 radical (unpaired) electrons. The first kappa shape index (κ1) is 18.5. The highest BCUT2D eigenvalue weighted by atomic mass is 35.5. The van der Waals surface area contributed by atoms with E-state index in [1.54, 1.807) is 42.5 Å². The van der Waals surface area contributed by atoms with Crippen LogP contribution in [0.15, 0.2) is 53.1 Å². The Morgan fingerprint density at radius 1 is 1.23 bits per heavy atom. The monoisotopic (exact) mass is 408 g/mol. The second-order valence-corrected chi connectivity index (χ2v) is 6.60. The summed E-state index contributed by atoms with van der Waals surface area (Å²) in [5.41, 5.74) is 2.26. The number of rotatable bonds is 5. The van der Waals surface area contributed by atoms with E-state index in [1.807, 2.05) is 0 Å². The molecule has 132 valence electrons. The molecule has 0 atom stereocenters. The van der Waals surface area contributed by atoms with Gasteiger partial charge in [-0.25, -0.2) is 4.39 Å². The number of thiocarbonyl (C=S) groups is 1. The van der Waals surface area contributed by atoms with Crippen molar-refractivity contribution in [3.8, 4) is 22.6 Å². The molecule has 0 spiro atoms. The fourth-order valence-corrected chi connectivity index (χ4v) is 2.69. The fourth-order valence-electron chi connectivity index (χ4n) is 2.39.